The molecular formula is C22H34O2. The monoisotopic (exact) mass is 330 g/mol. The molecule has 2 aliphatic rings. The zero-order valence-corrected chi connectivity index (χ0v) is 16.5. The molecule has 1 aromatic rings. The van der Waals surface area contributed by atoms with Crippen molar-refractivity contribution >= 4 is 0 Å². The van der Waals surface area contributed by atoms with Gasteiger partial charge in [0.2, 0.25) is 0 Å². The minimum absolute atomic E-state index is 0.0660. The molecule has 2 aliphatic carbocycles. The number of fused-ring (bicyclic) bond motifs is 2. The van der Waals surface area contributed by atoms with E-state index in [9.17, 15) is 5.11 Å². The summed E-state index contributed by atoms with van der Waals surface area (Å²) in [6, 6.07) is 6.46. The first kappa shape index (κ1) is 17.8. The lowest BCUT2D eigenvalue weighted by atomic mass is 9.57. The predicted molar refractivity (Wildman–Crippen MR) is 99.4 cm³/mol. The summed E-state index contributed by atoms with van der Waals surface area (Å²) in [6.07, 6.45) is 4.51. The van der Waals surface area contributed by atoms with Crippen LogP contribution in [0.15, 0.2) is 18.2 Å². The van der Waals surface area contributed by atoms with Crippen molar-refractivity contribution in [3.8, 4) is 5.75 Å². The molecule has 0 heterocycles. The van der Waals surface area contributed by atoms with Crippen LogP contribution < -0.4 is 4.74 Å². The summed E-state index contributed by atoms with van der Waals surface area (Å²) in [5.41, 5.74) is 1.34. The Kier molecular flexibility index (Phi) is 3.88. The van der Waals surface area contributed by atoms with Gasteiger partial charge in [0, 0.05) is 16.4 Å². The lowest BCUT2D eigenvalue weighted by molar-refractivity contribution is -0.151. The van der Waals surface area contributed by atoms with Crippen LogP contribution >= 0.6 is 0 Å². The highest BCUT2D eigenvalue weighted by atomic mass is 16.5. The smallest absolute Gasteiger partial charge is 0.125 e. The summed E-state index contributed by atoms with van der Waals surface area (Å²) < 4.78 is 5.71. The molecule has 2 bridgehead atoms. The topological polar surface area (TPSA) is 29.5 Å². The molecule has 2 nitrogen and oxygen atoms in total. The van der Waals surface area contributed by atoms with E-state index in [1.54, 1.807) is 7.11 Å². The summed E-state index contributed by atoms with van der Waals surface area (Å²) in [5.74, 6) is 1.41. The molecule has 0 aliphatic heterocycles. The predicted octanol–water partition coefficient (Wildman–Crippen LogP) is 5.42. The first-order valence-electron chi connectivity index (χ1n) is 9.45. The van der Waals surface area contributed by atoms with Crippen molar-refractivity contribution in [1.29, 1.82) is 0 Å². The van der Waals surface area contributed by atoms with Crippen LogP contribution in [-0.2, 0) is 11.0 Å². The van der Waals surface area contributed by atoms with E-state index in [-0.39, 0.29) is 16.2 Å². The molecule has 0 radical (unpaired) electrons. The van der Waals surface area contributed by atoms with Gasteiger partial charge in [-0.05, 0) is 54.7 Å². The zero-order valence-electron chi connectivity index (χ0n) is 16.5. The first-order chi connectivity index (χ1) is 11.0. The lowest BCUT2D eigenvalue weighted by Crippen LogP contribution is -2.51. The average molecular weight is 331 g/mol. The SMILES string of the molecule is CCC(C)(C)c1ccc(OC)c(C2(O)C3(C)CCC(C3)C2(C)C)c1. The zero-order chi connectivity index (χ0) is 18.0. The van der Waals surface area contributed by atoms with Gasteiger partial charge in [-0.2, -0.15) is 0 Å². The van der Waals surface area contributed by atoms with Crippen LogP contribution in [0.1, 0.15) is 78.4 Å². The van der Waals surface area contributed by atoms with E-state index in [0.29, 0.717) is 5.92 Å². The van der Waals surface area contributed by atoms with Gasteiger partial charge in [0.1, 0.15) is 11.4 Å². The lowest BCUT2D eigenvalue weighted by Gasteiger charge is -2.51. The maximum absolute atomic E-state index is 12.1. The van der Waals surface area contributed by atoms with Gasteiger partial charge in [-0.1, -0.05) is 47.6 Å². The molecule has 3 atom stereocenters. The van der Waals surface area contributed by atoms with E-state index in [4.69, 9.17) is 4.74 Å². The second-order valence-corrected chi connectivity index (χ2v) is 9.58. The van der Waals surface area contributed by atoms with Crippen molar-refractivity contribution in [3.05, 3.63) is 29.3 Å². The Morgan fingerprint density at radius 1 is 1.25 bits per heavy atom. The molecule has 2 heteroatoms. The van der Waals surface area contributed by atoms with Crippen LogP contribution in [0.25, 0.3) is 0 Å². The molecule has 1 aromatic carbocycles. The van der Waals surface area contributed by atoms with Crippen LogP contribution in [0.2, 0.25) is 0 Å². The Morgan fingerprint density at radius 3 is 2.42 bits per heavy atom. The summed E-state index contributed by atoms with van der Waals surface area (Å²) in [5, 5.41) is 12.1. The Hall–Kier alpha value is -1.02. The Labute approximate surface area is 147 Å². The van der Waals surface area contributed by atoms with E-state index < -0.39 is 5.60 Å². The van der Waals surface area contributed by atoms with E-state index in [1.807, 2.05) is 0 Å². The third kappa shape index (κ3) is 2.05. The van der Waals surface area contributed by atoms with Crippen molar-refractivity contribution in [2.24, 2.45) is 16.7 Å². The number of methoxy groups -OCH3 is 1. The summed E-state index contributed by atoms with van der Waals surface area (Å²) in [4.78, 5) is 0. The minimum atomic E-state index is -0.839. The molecule has 0 amide bonds. The molecule has 1 N–H and O–H groups in total. The molecule has 2 fully saturated rings. The second kappa shape index (κ2) is 5.24. The molecule has 0 saturated heterocycles. The third-order valence-electron chi connectivity index (χ3n) is 7.82. The molecule has 134 valence electrons. The van der Waals surface area contributed by atoms with Gasteiger partial charge in [0.15, 0.2) is 0 Å². The number of benzene rings is 1. The fraction of sp³-hybridized carbons (Fsp3) is 0.727. The standard InChI is InChI=1S/C22H34O2/c1-8-19(2,3)15-9-10-18(24-7)17(13-15)22(23)20(4,5)16-11-12-21(22,6)14-16/h9-10,13,16,23H,8,11-12,14H2,1-7H3. The van der Waals surface area contributed by atoms with Crippen molar-refractivity contribution in [3.63, 3.8) is 0 Å². The first-order valence-corrected chi connectivity index (χ1v) is 9.45. The average Bonchev–Trinajstić information content (AvgIpc) is 3.02. The maximum Gasteiger partial charge on any atom is 0.125 e. The van der Waals surface area contributed by atoms with Crippen LogP contribution in [-0.4, -0.2) is 12.2 Å². The second-order valence-electron chi connectivity index (χ2n) is 9.58. The van der Waals surface area contributed by atoms with Crippen molar-refractivity contribution in [2.45, 2.75) is 78.2 Å². The van der Waals surface area contributed by atoms with Gasteiger partial charge < -0.3 is 9.84 Å². The van der Waals surface area contributed by atoms with Crippen LogP contribution in [0.4, 0.5) is 0 Å². The Balaban J connectivity index is 2.23. The van der Waals surface area contributed by atoms with E-state index in [0.717, 1.165) is 30.6 Å². The number of aliphatic hydroxyl groups is 1. The molecule has 0 spiro atoms. The normalized spacial score (nSPS) is 34.6. The molecule has 24 heavy (non-hydrogen) atoms. The number of ether oxygens (including phenoxy) is 1. The number of hydrogen-bond acceptors (Lipinski definition) is 2. The number of rotatable bonds is 4. The highest BCUT2D eigenvalue weighted by Gasteiger charge is 2.69. The van der Waals surface area contributed by atoms with Gasteiger partial charge in [-0.25, -0.2) is 0 Å². The Bertz CT molecular complexity index is 639. The largest absolute Gasteiger partial charge is 0.496 e. The van der Waals surface area contributed by atoms with Crippen LogP contribution in [0.3, 0.4) is 0 Å². The molecular weight excluding hydrogens is 296 g/mol. The van der Waals surface area contributed by atoms with Crippen LogP contribution in [0.5, 0.6) is 5.75 Å². The number of hydrogen-bond donors (Lipinski definition) is 1. The summed E-state index contributed by atoms with van der Waals surface area (Å²) in [6.45, 7) is 13.5. The molecule has 2 saturated carbocycles. The highest BCUT2D eigenvalue weighted by Crippen LogP contribution is 2.72. The maximum atomic E-state index is 12.1. The van der Waals surface area contributed by atoms with Crippen LogP contribution in [0, 0.1) is 16.7 Å². The van der Waals surface area contributed by atoms with Crippen molar-refractivity contribution in [2.75, 3.05) is 7.11 Å². The molecule has 3 unspecified atom stereocenters. The minimum Gasteiger partial charge on any atom is -0.496 e. The summed E-state index contributed by atoms with van der Waals surface area (Å²) >= 11 is 0. The summed E-state index contributed by atoms with van der Waals surface area (Å²) in [7, 11) is 1.72. The Morgan fingerprint density at radius 2 is 1.92 bits per heavy atom. The van der Waals surface area contributed by atoms with E-state index in [1.165, 1.54) is 12.0 Å². The fourth-order valence-electron chi connectivity index (χ4n) is 5.55. The van der Waals surface area contributed by atoms with E-state index in [2.05, 4.69) is 59.7 Å². The van der Waals surface area contributed by atoms with Gasteiger partial charge in [0.05, 0.1) is 7.11 Å². The van der Waals surface area contributed by atoms with Gasteiger partial charge >= 0.3 is 0 Å². The quantitative estimate of drug-likeness (QED) is 0.799. The molecule has 3 rings (SSSR count). The van der Waals surface area contributed by atoms with Crippen molar-refractivity contribution in [1.82, 2.24) is 0 Å². The van der Waals surface area contributed by atoms with Crippen molar-refractivity contribution < 1.29 is 9.84 Å². The van der Waals surface area contributed by atoms with Gasteiger partial charge in [-0.15, -0.1) is 0 Å². The van der Waals surface area contributed by atoms with Gasteiger partial charge in [-0.3, -0.25) is 0 Å². The highest BCUT2D eigenvalue weighted by molar-refractivity contribution is 5.47. The molecule has 0 aromatic heterocycles. The third-order valence-corrected chi connectivity index (χ3v) is 7.82. The fourth-order valence-corrected chi connectivity index (χ4v) is 5.55. The van der Waals surface area contributed by atoms with E-state index >= 15 is 0 Å². The van der Waals surface area contributed by atoms with Gasteiger partial charge in [0.25, 0.3) is 0 Å².